The smallest absolute Gasteiger partial charge is 0.410 e. The predicted octanol–water partition coefficient (Wildman–Crippen LogP) is 1.85. The van der Waals surface area contributed by atoms with Gasteiger partial charge in [-0.3, -0.25) is 0 Å². The minimum atomic E-state index is -0.413. The Hall–Kier alpha value is -0.770. The molecule has 0 aliphatic carbocycles. The summed E-state index contributed by atoms with van der Waals surface area (Å²) in [5.74, 6) is 0.445. The van der Waals surface area contributed by atoms with Crippen molar-refractivity contribution in [3.8, 4) is 0 Å². The summed E-state index contributed by atoms with van der Waals surface area (Å²) in [6.45, 7) is 12.4. The minimum absolute atomic E-state index is 0.187. The fourth-order valence-electron chi connectivity index (χ4n) is 1.87. The third kappa shape index (κ3) is 3.67. The van der Waals surface area contributed by atoms with Crippen LogP contribution >= 0.6 is 0 Å². The largest absolute Gasteiger partial charge is 0.444 e. The van der Waals surface area contributed by atoms with Gasteiger partial charge in [0.25, 0.3) is 0 Å². The Labute approximate surface area is 98.3 Å². The number of amides is 1. The van der Waals surface area contributed by atoms with Gasteiger partial charge in [-0.05, 0) is 26.7 Å². The van der Waals surface area contributed by atoms with Crippen LogP contribution in [0.1, 0.15) is 34.6 Å². The van der Waals surface area contributed by atoms with Crippen molar-refractivity contribution in [1.82, 2.24) is 10.2 Å². The van der Waals surface area contributed by atoms with Crippen LogP contribution in [0.2, 0.25) is 0 Å². The van der Waals surface area contributed by atoms with Crippen LogP contribution in [-0.2, 0) is 4.74 Å². The van der Waals surface area contributed by atoms with Gasteiger partial charge in [0, 0.05) is 25.7 Å². The Morgan fingerprint density at radius 2 is 2.06 bits per heavy atom. The van der Waals surface area contributed by atoms with Crippen LogP contribution in [0.5, 0.6) is 0 Å². The van der Waals surface area contributed by atoms with Crippen LogP contribution < -0.4 is 5.32 Å². The summed E-state index contributed by atoms with van der Waals surface area (Å²) in [6.07, 6.45) is -0.187. The molecule has 1 amide bonds. The Morgan fingerprint density at radius 3 is 2.56 bits per heavy atom. The van der Waals surface area contributed by atoms with Gasteiger partial charge in [-0.1, -0.05) is 13.8 Å². The maximum Gasteiger partial charge on any atom is 0.410 e. The summed E-state index contributed by atoms with van der Waals surface area (Å²) in [5.41, 5.74) is -0.413. The van der Waals surface area contributed by atoms with Gasteiger partial charge < -0.3 is 15.0 Å². The first-order chi connectivity index (χ1) is 7.31. The minimum Gasteiger partial charge on any atom is -0.444 e. The first-order valence-corrected chi connectivity index (χ1v) is 6.01. The van der Waals surface area contributed by atoms with E-state index in [0.717, 1.165) is 19.6 Å². The lowest BCUT2D eigenvalue weighted by molar-refractivity contribution is 0.00652. The molecule has 1 saturated heterocycles. The second-order valence-electron chi connectivity index (χ2n) is 5.69. The van der Waals surface area contributed by atoms with Crippen LogP contribution in [0.4, 0.5) is 4.79 Å². The van der Waals surface area contributed by atoms with Gasteiger partial charge in [0.1, 0.15) is 5.60 Å². The Kier molecular flexibility index (Phi) is 4.19. The third-order valence-corrected chi connectivity index (χ3v) is 2.68. The molecule has 4 heteroatoms. The lowest BCUT2D eigenvalue weighted by Crippen LogP contribution is -2.56. The van der Waals surface area contributed by atoms with Gasteiger partial charge >= 0.3 is 6.09 Å². The average Bonchev–Trinajstić information content (AvgIpc) is 2.15. The van der Waals surface area contributed by atoms with Gasteiger partial charge in [0.15, 0.2) is 0 Å². The maximum atomic E-state index is 12.0. The lowest BCUT2D eigenvalue weighted by Gasteiger charge is -2.39. The molecule has 16 heavy (non-hydrogen) atoms. The molecule has 1 atom stereocenters. The number of carbonyl (C=O) groups excluding carboxylic acids is 1. The molecule has 0 aromatic heterocycles. The normalized spacial score (nSPS) is 22.4. The van der Waals surface area contributed by atoms with E-state index in [0.29, 0.717) is 5.92 Å². The monoisotopic (exact) mass is 228 g/mol. The fraction of sp³-hybridized carbons (Fsp3) is 0.917. The van der Waals surface area contributed by atoms with Crippen LogP contribution in [0.25, 0.3) is 0 Å². The molecule has 1 N–H and O–H groups in total. The van der Waals surface area contributed by atoms with E-state index < -0.39 is 5.60 Å². The first-order valence-electron chi connectivity index (χ1n) is 6.01. The van der Waals surface area contributed by atoms with Crippen molar-refractivity contribution in [1.29, 1.82) is 0 Å². The van der Waals surface area contributed by atoms with E-state index in [1.54, 1.807) is 0 Å². The molecule has 1 fully saturated rings. The van der Waals surface area contributed by atoms with E-state index in [4.69, 9.17) is 4.74 Å². The summed E-state index contributed by atoms with van der Waals surface area (Å²) < 4.78 is 5.42. The topological polar surface area (TPSA) is 41.6 Å². The lowest BCUT2D eigenvalue weighted by atomic mass is 10.0. The molecule has 0 aromatic carbocycles. The van der Waals surface area contributed by atoms with Gasteiger partial charge in [-0.2, -0.15) is 0 Å². The third-order valence-electron chi connectivity index (χ3n) is 2.68. The van der Waals surface area contributed by atoms with Crippen LogP contribution in [0.15, 0.2) is 0 Å². The highest BCUT2D eigenvalue weighted by Crippen LogP contribution is 2.17. The number of rotatable bonds is 1. The highest BCUT2D eigenvalue weighted by molar-refractivity contribution is 5.68. The highest BCUT2D eigenvalue weighted by atomic mass is 16.6. The van der Waals surface area contributed by atoms with Gasteiger partial charge in [-0.25, -0.2) is 4.79 Å². The number of nitrogens with one attached hydrogen (secondary N) is 1. The van der Waals surface area contributed by atoms with Crippen molar-refractivity contribution in [2.75, 3.05) is 19.6 Å². The summed E-state index contributed by atoms with van der Waals surface area (Å²) in [6, 6.07) is 0.239. The van der Waals surface area contributed by atoms with E-state index in [-0.39, 0.29) is 12.1 Å². The van der Waals surface area contributed by atoms with Gasteiger partial charge in [0.05, 0.1) is 0 Å². The zero-order valence-electron chi connectivity index (χ0n) is 11.0. The van der Waals surface area contributed by atoms with Crippen molar-refractivity contribution in [2.24, 2.45) is 5.92 Å². The zero-order chi connectivity index (χ0) is 12.3. The van der Waals surface area contributed by atoms with Crippen molar-refractivity contribution in [2.45, 2.75) is 46.3 Å². The SMILES string of the molecule is CC(C)C1CNCCN1C(=O)OC(C)(C)C. The van der Waals surface area contributed by atoms with Crippen molar-refractivity contribution in [3.05, 3.63) is 0 Å². The number of piperazine rings is 1. The van der Waals surface area contributed by atoms with Crippen LogP contribution in [0.3, 0.4) is 0 Å². The van der Waals surface area contributed by atoms with Crippen molar-refractivity contribution in [3.63, 3.8) is 0 Å². The molecule has 0 spiro atoms. The molecular weight excluding hydrogens is 204 g/mol. The molecule has 0 bridgehead atoms. The van der Waals surface area contributed by atoms with E-state index >= 15 is 0 Å². The molecule has 1 aliphatic heterocycles. The Balaban J connectivity index is 2.64. The Bertz CT molecular complexity index is 246. The molecule has 0 saturated carbocycles. The molecule has 1 heterocycles. The zero-order valence-corrected chi connectivity index (χ0v) is 11.0. The van der Waals surface area contributed by atoms with Crippen molar-refractivity contribution < 1.29 is 9.53 Å². The van der Waals surface area contributed by atoms with Gasteiger partial charge in [0.2, 0.25) is 0 Å². The molecule has 94 valence electrons. The summed E-state index contributed by atoms with van der Waals surface area (Å²) >= 11 is 0. The van der Waals surface area contributed by atoms with E-state index in [1.807, 2.05) is 25.7 Å². The number of carbonyl (C=O) groups is 1. The summed E-state index contributed by atoms with van der Waals surface area (Å²) in [5, 5.41) is 3.31. The molecule has 1 aliphatic rings. The molecule has 1 unspecified atom stereocenters. The molecule has 0 aromatic rings. The quantitative estimate of drug-likeness (QED) is 0.744. The molecular formula is C12H24N2O2. The second-order valence-corrected chi connectivity index (χ2v) is 5.69. The fourth-order valence-corrected chi connectivity index (χ4v) is 1.87. The van der Waals surface area contributed by atoms with E-state index in [2.05, 4.69) is 19.2 Å². The first kappa shape index (κ1) is 13.3. The maximum absolute atomic E-state index is 12.0. The van der Waals surface area contributed by atoms with Gasteiger partial charge in [-0.15, -0.1) is 0 Å². The Morgan fingerprint density at radius 1 is 1.44 bits per heavy atom. The number of nitrogens with zero attached hydrogens (tertiary/aromatic N) is 1. The average molecular weight is 228 g/mol. The number of ether oxygens (including phenoxy) is 1. The summed E-state index contributed by atoms with van der Waals surface area (Å²) in [4.78, 5) is 13.9. The number of hydrogen-bond acceptors (Lipinski definition) is 3. The highest BCUT2D eigenvalue weighted by Gasteiger charge is 2.31. The molecule has 1 rings (SSSR count). The molecule has 4 nitrogen and oxygen atoms in total. The van der Waals surface area contributed by atoms with Crippen molar-refractivity contribution >= 4 is 6.09 Å². The van der Waals surface area contributed by atoms with Crippen LogP contribution in [-0.4, -0.2) is 42.3 Å². The summed E-state index contributed by atoms with van der Waals surface area (Å²) in [7, 11) is 0. The second kappa shape index (κ2) is 5.04. The number of hydrogen-bond donors (Lipinski definition) is 1. The van der Waals surface area contributed by atoms with E-state index in [1.165, 1.54) is 0 Å². The predicted molar refractivity (Wildman–Crippen MR) is 64.4 cm³/mol. The molecule has 0 radical (unpaired) electrons. The van der Waals surface area contributed by atoms with Crippen LogP contribution in [0, 0.1) is 5.92 Å². The van der Waals surface area contributed by atoms with E-state index in [9.17, 15) is 4.79 Å². The standard InChI is InChI=1S/C12H24N2O2/c1-9(2)10-8-13-6-7-14(10)11(15)16-12(3,4)5/h9-10,13H,6-8H2,1-5H3.